The minimum absolute atomic E-state index is 0.0752. The lowest BCUT2D eigenvalue weighted by Crippen LogP contribution is -2.20. The van der Waals surface area contributed by atoms with E-state index in [9.17, 15) is 14.7 Å². The van der Waals surface area contributed by atoms with Crippen molar-refractivity contribution in [3.8, 4) is 0 Å². The van der Waals surface area contributed by atoms with Gasteiger partial charge < -0.3 is 14.5 Å². The predicted octanol–water partition coefficient (Wildman–Crippen LogP) is 2.54. The summed E-state index contributed by atoms with van der Waals surface area (Å²) in [5.74, 6) is 0.336. The molecule has 2 heterocycles. The van der Waals surface area contributed by atoms with Gasteiger partial charge in [0.25, 0.3) is 0 Å². The molecule has 0 amide bonds. The normalized spacial score (nSPS) is 12.7. The molecular weight excluding hydrogens is 272 g/mol. The second-order valence-corrected chi connectivity index (χ2v) is 4.93. The van der Waals surface area contributed by atoms with Gasteiger partial charge in [-0.25, -0.2) is 9.59 Å². The number of aryl methyl sites for hydroxylation is 1. The number of carbonyl (C=O) groups is 1. The highest BCUT2D eigenvalue weighted by Gasteiger charge is 2.20. The standard InChI is InChI=1S/C15H14N2O4/c1-8-6-7-12(21-8)9(2)17-11-5-3-4-10(14(18)19)13(11)16-15(17)20/h3-7,9H,1-2H3,(H,16,20)(H,18,19). The average molecular weight is 286 g/mol. The van der Waals surface area contributed by atoms with Crippen LogP contribution in [0.15, 0.2) is 39.5 Å². The van der Waals surface area contributed by atoms with Crippen LogP contribution in [-0.2, 0) is 0 Å². The fourth-order valence-electron chi connectivity index (χ4n) is 2.52. The Hall–Kier alpha value is -2.76. The van der Waals surface area contributed by atoms with Crippen LogP contribution >= 0.6 is 0 Å². The van der Waals surface area contributed by atoms with Crippen LogP contribution in [0.25, 0.3) is 11.0 Å². The summed E-state index contributed by atoms with van der Waals surface area (Å²) in [4.78, 5) is 26.1. The number of fused-ring (bicyclic) bond motifs is 1. The monoisotopic (exact) mass is 286 g/mol. The molecule has 6 heteroatoms. The van der Waals surface area contributed by atoms with E-state index in [1.54, 1.807) is 12.1 Å². The fourth-order valence-corrected chi connectivity index (χ4v) is 2.52. The summed E-state index contributed by atoms with van der Waals surface area (Å²) in [5, 5.41) is 9.19. The summed E-state index contributed by atoms with van der Waals surface area (Å²) in [6.45, 7) is 3.66. The number of imidazole rings is 1. The molecule has 0 aliphatic heterocycles. The average Bonchev–Trinajstić information content (AvgIpc) is 3.00. The minimum atomic E-state index is -1.07. The maximum atomic E-state index is 12.2. The molecular formula is C15H14N2O4. The molecule has 0 spiro atoms. The predicted molar refractivity (Wildman–Crippen MR) is 76.8 cm³/mol. The van der Waals surface area contributed by atoms with Gasteiger partial charge in [-0.05, 0) is 38.1 Å². The van der Waals surface area contributed by atoms with Gasteiger partial charge in [-0.2, -0.15) is 0 Å². The molecule has 0 radical (unpaired) electrons. The van der Waals surface area contributed by atoms with Crippen molar-refractivity contribution in [2.75, 3.05) is 0 Å². The van der Waals surface area contributed by atoms with Crippen LogP contribution in [0.4, 0.5) is 0 Å². The van der Waals surface area contributed by atoms with Gasteiger partial charge in [0, 0.05) is 0 Å². The van der Waals surface area contributed by atoms with Crippen LogP contribution in [0, 0.1) is 6.92 Å². The van der Waals surface area contributed by atoms with Crippen LogP contribution in [0.5, 0.6) is 0 Å². The summed E-state index contributed by atoms with van der Waals surface area (Å²) >= 11 is 0. The second-order valence-electron chi connectivity index (χ2n) is 4.93. The topological polar surface area (TPSA) is 88.2 Å². The van der Waals surface area contributed by atoms with E-state index < -0.39 is 5.97 Å². The number of hydrogen-bond acceptors (Lipinski definition) is 3. The number of hydrogen-bond donors (Lipinski definition) is 2. The number of rotatable bonds is 3. The van der Waals surface area contributed by atoms with Crippen LogP contribution < -0.4 is 5.69 Å². The van der Waals surface area contributed by atoms with E-state index in [2.05, 4.69) is 4.98 Å². The molecule has 1 atom stereocenters. The third kappa shape index (κ3) is 2.05. The molecule has 3 aromatic rings. The number of carboxylic acid groups (broad SMARTS) is 1. The van der Waals surface area contributed by atoms with Crippen LogP contribution in [0.1, 0.15) is 34.8 Å². The number of nitrogens with zero attached hydrogens (tertiary/aromatic N) is 1. The molecule has 0 saturated heterocycles. The Morgan fingerprint density at radius 3 is 2.71 bits per heavy atom. The van der Waals surface area contributed by atoms with E-state index in [4.69, 9.17) is 4.42 Å². The highest BCUT2D eigenvalue weighted by molar-refractivity contribution is 6.00. The molecule has 2 aromatic heterocycles. The van der Waals surface area contributed by atoms with Crippen molar-refractivity contribution in [3.63, 3.8) is 0 Å². The third-order valence-corrected chi connectivity index (χ3v) is 3.54. The van der Waals surface area contributed by atoms with E-state index in [1.165, 1.54) is 10.6 Å². The summed E-state index contributed by atoms with van der Waals surface area (Å²) in [6.07, 6.45) is 0. The molecule has 0 saturated carbocycles. The summed E-state index contributed by atoms with van der Waals surface area (Å²) in [7, 11) is 0. The van der Waals surface area contributed by atoms with Gasteiger partial charge in [-0.3, -0.25) is 4.57 Å². The fraction of sp³-hybridized carbons (Fsp3) is 0.200. The molecule has 6 nitrogen and oxygen atoms in total. The Kier molecular flexibility index (Phi) is 2.94. The van der Waals surface area contributed by atoms with Crippen molar-refractivity contribution in [2.24, 2.45) is 0 Å². The lowest BCUT2D eigenvalue weighted by atomic mass is 10.1. The first kappa shape index (κ1) is 13.2. The Balaban J connectivity index is 2.24. The molecule has 1 aromatic carbocycles. The zero-order chi connectivity index (χ0) is 15.1. The molecule has 108 valence electrons. The number of H-pyrrole nitrogens is 1. The summed E-state index contributed by atoms with van der Waals surface area (Å²) in [6, 6.07) is 8.11. The molecule has 2 N–H and O–H groups in total. The van der Waals surface area contributed by atoms with Crippen molar-refractivity contribution >= 4 is 17.0 Å². The van der Waals surface area contributed by atoms with Gasteiger partial charge in [0.1, 0.15) is 11.5 Å². The van der Waals surface area contributed by atoms with E-state index in [-0.39, 0.29) is 17.3 Å². The summed E-state index contributed by atoms with van der Waals surface area (Å²) in [5.41, 5.74) is 0.581. The Bertz CT molecular complexity index is 885. The van der Waals surface area contributed by atoms with Crippen molar-refractivity contribution in [2.45, 2.75) is 19.9 Å². The third-order valence-electron chi connectivity index (χ3n) is 3.54. The lowest BCUT2D eigenvalue weighted by Gasteiger charge is -2.11. The number of para-hydroxylation sites is 1. The molecule has 0 bridgehead atoms. The van der Waals surface area contributed by atoms with E-state index >= 15 is 0 Å². The quantitative estimate of drug-likeness (QED) is 0.774. The van der Waals surface area contributed by atoms with Crippen LogP contribution in [0.3, 0.4) is 0 Å². The van der Waals surface area contributed by atoms with Gasteiger partial charge in [0.15, 0.2) is 0 Å². The molecule has 0 aliphatic rings. The van der Waals surface area contributed by atoms with Crippen LogP contribution in [0.2, 0.25) is 0 Å². The van der Waals surface area contributed by atoms with Gasteiger partial charge in [0.05, 0.1) is 22.6 Å². The first-order valence-corrected chi connectivity index (χ1v) is 6.52. The molecule has 0 aliphatic carbocycles. The van der Waals surface area contributed by atoms with Gasteiger partial charge in [-0.1, -0.05) is 6.07 Å². The van der Waals surface area contributed by atoms with E-state index in [1.807, 2.05) is 26.0 Å². The molecule has 21 heavy (non-hydrogen) atoms. The number of carboxylic acids is 1. The van der Waals surface area contributed by atoms with Crippen molar-refractivity contribution < 1.29 is 14.3 Å². The number of aromatic nitrogens is 2. The maximum absolute atomic E-state index is 12.2. The first-order chi connectivity index (χ1) is 9.99. The van der Waals surface area contributed by atoms with Gasteiger partial charge in [-0.15, -0.1) is 0 Å². The minimum Gasteiger partial charge on any atom is -0.478 e. The zero-order valence-electron chi connectivity index (χ0n) is 11.6. The Labute approximate surface area is 119 Å². The smallest absolute Gasteiger partial charge is 0.337 e. The highest BCUT2D eigenvalue weighted by atomic mass is 16.4. The second kappa shape index (κ2) is 4.66. The maximum Gasteiger partial charge on any atom is 0.337 e. The number of aromatic carboxylic acids is 1. The van der Waals surface area contributed by atoms with E-state index in [0.717, 1.165) is 5.76 Å². The Morgan fingerprint density at radius 2 is 2.10 bits per heavy atom. The van der Waals surface area contributed by atoms with E-state index in [0.29, 0.717) is 16.8 Å². The molecule has 0 fully saturated rings. The van der Waals surface area contributed by atoms with Crippen molar-refractivity contribution in [3.05, 3.63) is 57.9 Å². The van der Waals surface area contributed by atoms with Gasteiger partial charge >= 0.3 is 11.7 Å². The largest absolute Gasteiger partial charge is 0.478 e. The number of furan rings is 1. The Morgan fingerprint density at radius 1 is 1.33 bits per heavy atom. The highest BCUT2D eigenvalue weighted by Crippen LogP contribution is 2.24. The zero-order valence-corrected chi connectivity index (χ0v) is 11.6. The van der Waals surface area contributed by atoms with Gasteiger partial charge in [0.2, 0.25) is 0 Å². The lowest BCUT2D eigenvalue weighted by molar-refractivity contribution is 0.0699. The SMILES string of the molecule is Cc1ccc(C(C)n2c(=O)[nH]c3c(C(=O)O)cccc32)o1. The first-order valence-electron chi connectivity index (χ1n) is 6.52. The number of benzene rings is 1. The number of aromatic amines is 1. The molecule has 1 unspecified atom stereocenters. The van der Waals surface area contributed by atoms with Crippen molar-refractivity contribution in [1.82, 2.24) is 9.55 Å². The number of nitrogens with one attached hydrogen (secondary N) is 1. The van der Waals surface area contributed by atoms with Crippen LogP contribution in [-0.4, -0.2) is 20.6 Å². The van der Waals surface area contributed by atoms with Crippen molar-refractivity contribution in [1.29, 1.82) is 0 Å². The summed E-state index contributed by atoms with van der Waals surface area (Å²) < 4.78 is 7.06. The molecule has 3 rings (SSSR count).